The first-order valence-corrected chi connectivity index (χ1v) is 5.94. The van der Waals surface area contributed by atoms with E-state index in [0.29, 0.717) is 17.1 Å². The molecule has 20 heavy (non-hydrogen) atoms. The van der Waals surface area contributed by atoms with Crippen molar-refractivity contribution < 1.29 is 9.26 Å². The second-order valence-electron chi connectivity index (χ2n) is 4.13. The Hall–Kier alpha value is -2.89. The fraction of sp³-hybridized carbons (Fsp3) is 0.0714. The highest BCUT2D eigenvalue weighted by atomic mass is 16.5. The van der Waals surface area contributed by atoms with Gasteiger partial charge >= 0.3 is 0 Å². The van der Waals surface area contributed by atoms with Gasteiger partial charge < -0.3 is 15.0 Å². The van der Waals surface area contributed by atoms with Crippen LogP contribution < -0.4 is 10.5 Å². The van der Waals surface area contributed by atoms with Gasteiger partial charge in [-0.1, -0.05) is 17.3 Å². The van der Waals surface area contributed by atoms with Crippen molar-refractivity contribution in [3.63, 3.8) is 0 Å². The summed E-state index contributed by atoms with van der Waals surface area (Å²) in [4.78, 5) is 7.95. The lowest BCUT2D eigenvalue weighted by atomic mass is 10.0. The van der Waals surface area contributed by atoms with Crippen molar-refractivity contribution in [2.75, 3.05) is 12.8 Å². The molecule has 6 heteroatoms. The molecule has 0 amide bonds. The Labute approximate surface area is 115 Å². The van der Waals surface area contributed by atoms with Crippen LogP contribution in [0.2, 0.25) is 0 Å². The highest BCUT2D eigenvalue weighted by Gasteiger charge is 2.18. The first-order chi connectivity index (χ1) is 9.79. The Morgan fingerprint density at radius 2 is 1.95 bits per heavy atom. The largest absolute Gasteiger partial charge is 0.497 e. The maximum Gasteiger partial charge on any atom is 0.180 e. The van der Waals surface area contributed by atoms with E-state index in [-0.39, 0.29) is 0 Å². The predicted molar refractivity (Wildman–Crippen MR) is 73.9 cm³/mol. The molecule has 0 unspecified atom stereocenters. The molecule has 0 atom stereocenters. The number of benzene rings is 1. The van der Waals surface area contributed by atoms with Gasteiger partial charge in [0.2, 0.25) is 0 Å². The summed E-state index contributed by atoms with van der Waals surface area (Å²) in [5.41, 5.74) is 8.20. The molecule has 6 nitrogen and oxygen atoms in total. The first-order valence-electron chi connectivity index (χ1n) is 5.94. The summed E-state index contributed by atoms with van der Waals surface area (Å²) in [6, 6.07) is 7.53. The van der Waals surface area contributed by atoms with Gasteiger partial charge in [0.1, 0.15) is 12.1 Å². The molecule has 3 aromatic rings. The highest BCUT2D eigenvalue weighted by molar-refractivity contribution is 5.86. The zero-order valence-corrected chi connectivity index (χ0v) is 10.8. The standard InChI is InChI=1S/C14H12N4O2/c1-19-11-4-2-3-9(5-11)12-13(20-18-14(12)15)10-6-16-8-17-7-10/h2-8H,1H3,(H2,15,18). The molecule has 0 radical (unpaired) electrons. The minimum atomic E-state index is 0.317. The predicted octanol–water partition coefficient (Wildman–Crippen LogP) is 2.39. The lowest BCUT2D eigenvalue weighted by molar-refractivity contribution is 0.415. The molecule has 0 saturated heterocycles. The van der Waals surface area contributed by atoms with Gasteiger partial charge in [0, 0.05) is 12.4 Å². The van der Waals surface area contributed by atoms with Crippen molar-refractivity contribution in [3.8, 4) is 28.2 Å². The van der Waals surface area contributed by atoms with Gasteiger partial charge in [-0.05, 0) is 17.7 Å². The van der Waals surface area contributed by atoms with E-state index >= 15 is 0 Å². The number of ether oxygens (including phenoxy) is 1. The summed E-state index contributed by atoms with van der Waals surface area (Å²) in [5.74, 6) is 1.59. The van der Waals surface area contributed by atoms with E-state index in [2.05, 4.69) is 15.1 Å². The SMILES string of the molecule is COc1cccc(-c2c(N)noc2-c2cncnc2)c1. The normalized spacial score (nSPS) is 10.4. The smallest absolute Gasteiger partial charge is 0.180 e. The third-order valence-electron chi connectivity index (χ3n) is 2.90. The van der Waals surface area contributed by atoms with Crippen LogP contribution in [-0.4, -0.2) is 22.2 Å². The van der Waals surface area contributed by atoms with Crippen LogP contribution in [0.4, 0.5) is 5.82 Å². The highest BCUT2D eigenvalue weighted by Crippen LogP contribution is 2.37. The molecule has 1 aromatic carbocycles. The van der Waals surface area contributed by atoms with Crippen LogP contribution in [0.15, 0.2) is 47.5 Å². The fourth-order valence-electron chi connectivity index (χ4n) is 1.97. The summed E-state index contributed by atoms with van der Waals surface area (Å²) in [7, 11) is 1.61. The average molecular weight is 268 g/mol. The average Bonchev–Trinajstić information content (AvgIpc) is 2.90. The van der Waals surface area contributed by atoms with Crippen LogP contribution in [0.1, 0.15) is 0 Å². The molecule has 0 fully saturated rings. The van der Waals surface area contributed by atoms with E-state index in [1.807, 2.05) is 24.3 Å². The van der Waals surface area contributed by atoms with Gasteiger partial charge in [0.05, 0.1) is 18.2 Å². The van der Waals surface area contributed by atoms with E-state index in [1.54, 1.807) is 19.5 Å². The molecule has 2 aromatic heterocycles. The topological polar surface area (TPSA) is 87.1 Å². The lowest BCUT2D eigenvalue weighted by Crippen LogP contribution is -1.90. The summed E-state index contributed by atoms with van der Waals surface area (Å²) in [6.45, 7) is 0. The van der Waals surface area contributed by atoms with Crippen molar-refractivity contribution >= 4 is 5.82 Å². The zero-order valence-electron chi connectivity index (χ0n) is 10.8. The number of hydrogen-bond donors (Lipinski definition) is 1. The maximum absolute atomic E-state index is 5.92. The Balaban J connectivity index is 2.16. The van der Waals surface area contributed by atoms with Gasteiger partial charge in [-0.2, -0.15) is 0 Å². The first kappa shape index (κ1) is 12.2. The minimum absolute atomic E-state index is 0.317. The molecular weight excluding hydrogens is 256 g/mol. The molecule has 0 saturated carbocycles. The van der Waals surface area contributed by atoms with Crippen LogP contribution in [0.25, 0.3) is 22.5 Å². The molecule has 0 aliphatic heterocycles. The molecule has 0 aliphatic rings. The molecule has 100 valence electrons. The van der Waals surface area contributed by atoms with E-state index in [9.17, 15) is 0 Å². The van der Waals surface area contributed by atoms with Crippen molar-refractivity contribution in [2.24, 2.45) is 0 Å². The van der Waals surface area contributed by atoms with Crippen LogP contribution in [0.3, 0.4) is 0 Å². The quantitative estimate of drug-likeness (QED) is 0.784. The number of anilines is 1. The van der Waals surface area contributed by atoms with Gasteiger partial charge in [-0.15, -0.1) is 0 Å². The number of hydrogen-bond acceptors (Lipinski definition) is 6. The van der Waals surface area contributed by atoms with Gasteiger partial charge in [0.25, 0.3) is 0 Å². The summed E-state index contributed by atoms with van der Waals surface area (Å²) < 4.78 is 10.5. The van der Waals surface area contributed by atoms with Crippen molar-refractivity contribution in [2.45, 2.75) is 0 Å². The van der Waals surface area contributed by atoms with Crippen molar-refractivity contribution in [1.82, 2.24) is 15.1 Å². The monoisotopic (exact) mass is 268 g/mol. The maximum atomic E-state index is 5.92. The second-order valence-corrected chi connectivity index (χ2v) is 4.13. The number of rotatable bonds is 3. The minimum Gasteiger partial charge on any atom is -0.497 e. The summed E-state index contributed by atoms with van der Waals surface area (Å²) in [6.07, 6.45) is 4.75. The zero-order chi connectivity index (χ0) is 13.9. The van der Waals surface area contributed by atoms with Crippen LogP contribution in [0.5, 0.6) is 5.75 Å². The second kappa shape index (κ2) is 5.00. The molecule has 2 N–H and O–H groups in total. The Morgan fingerprint density at radius 1 is 1.15 bits per heavy atom. The summed E-state index contributed by atoms with van der Waals surface area (Å²) in [5, 5.41) is 3.83. The van der Waals surface area contributed by atoms with E-state index < -0.39 is 0 Å². The third kappa shape index (κ3) is 2.07. The molecule has 3 rings (SSSR count). The Bertz CT molecular complexity index is 725. The molecule has 0 bridgehead atoms. The number of nitrogens with zero attached hydrogens (tertiary/aromatic N) is 3. The number of nitrogen functional groups attached to an aromatic ring is 1. The van der Waals surface area contributed by atoms with Gasteiger partial charge in [-0.25, -0.2) is 9.97 Å². The van der Waals surface area contributed by atoms with Crippen LogP contribution in [-0.2, 0) is 0 Å². The van der Waals surface area contributed by atoms with Gasteiger partial charge in [-0.3, -0.25) is 0 Å². The van der Waals surface area contributed by atoms with Crippen molar-refractivity contribution in [3.05, 3.63) is 43.0 Å². The van der Waals surface area contributed by atoms with Crippen LogP contribution in [0, 0.1) is 0 Å². The molecular formula is C14H12N4O2. The van der Waals surface area contributed by atoms with E-state index in [0.717, 1.165) is 16.9 Å². The Morgan fingerprint density at radius 3 is 2.70 bits per heavy atom. The van der Waals surface area contributed by atoms with Gasteiger partial charge in [0.15, 0.2) is 11.6 Å². The third-order valence-corrected chi connectivity index (χ3v) is 2.90. The molecule has 0 aliphatic carbocycles. The van der Waals surface area contributed by atoms with Crippen molar-refractivity contribution in [1.29, 1.82) is 0 Å². The number of nitrogens with two attached hydrogens (primary N) is 1. The van der Waals surface area contributed by atoms with E-state index in [1.165, 1.54) is 6.33 Å². The van der Waals surface area contributed by atoms with Crippen LogP contribution >= 0.6 is 0 Å². The molecule has 0 spiro atoms. The summed E-state index contributed by atoms with van der Waals surface area (Å²) >= 11 is 0. The number of methoxy groups -OCH3 is 1. The molecule has 2 heterocycles. The lowest BCUT2D eigenvalue weighted by Gasteiger charge is -2.05. The fourth-order valence-corrected chi connectivity index (χ4v) is 1.97. The number of aromatic nitrogens is 3. The van der Waals surface area contributed by atoms with E-state index in [4.69, 9.17) is 15.0 Å². The Kier molecular flexibility index (Phi) is 3.04.